The van der Waals surface area contributed by atoms with Crippen LogP contribution in [0.15, 0.2) is 35.6 Å². The van der Waals surface area contributed by atoms with E-state index in [-0.39, 0.29) is 35.6 Å². The van der Waals surface area contributed by atoms with Gasteiger partial charge in [0.05, 0.1) is 30.2 Å². The molecule has 4 unspecified atom stereocenters. The Kier molecular flexibility index (Phi) is 6.72. The first-order valence-corrected chi connectivity index (χ1v) is 12.8. The molecule has 0 aromatic heterocycles. The topological polar surface area (TPSA) is 65.1 Å². The fourth-order valence-electron chi connectivity index (χ4n) is 5.75. The van der Waals surface area contributed by atoms with Crippen LogP contribution >= 0.6 is 0 Å². The molecule has 0 spiro atoms. The largest absolute Gasteiger partial charge is 0.494 e. The van der Waals surface area contributed by atoms with Crippen molar-refractivity contribution in [3.63, 3.8) is 0 Å². The lowest BCUT2D eigenvalue weighted by atomic mass is 9.77. The molecular weight excluding hydrogens is 418 g/mol. The van der Waals surface area contributed by atoms with E-state index in [1.165, 1.54) is 0 Å². The lowest BCUT2D eigenvalue weighted by Gasteiger charge is -2.35. The molecule has 6 heteroatoms. The number of nitrogens with zero attached hydrogens (tertiary/aromatic N) is 1. The van der Waals surface area contributed by atoms with E-state index in [0.717, 1.165) is 75.7 Å². The summed E-state index contributed by atoms with van der Waals surface area (Å²) in [5.41, 5.74) is 1.45. The van der Waals surface area contributed by atoms with Gasteiger partial charge < -0.3 is 19.1 Å². The summed E-state index contributed by atoms with van der Waals surface area (Å²) in [7, 11) is 0. The number of ketones is 1. The fraction of sp³-hybridized carbons (Fsp3) is 0.630. The number of hydrogen-bond acceptors (Lipinski definition) is 5. The Morgan fingerprint density at radius 1 is 1.09 bits per heavy atom. The Hall–Kier alpha value is -2.34. The van der Waals surface area contributed by atoms with E-state index in [2.05, 4.69) is 6.92 Å². The van der Waals surface area contributed by atoms with E-state index in [4.69, 9.17) is 14.2 Å². The van der Waals surface area contributed by atoms with Crippen LogP contribution in [-0.4, -0.2) is 48.6 Å². The zero-order valence-electron chi connectivity index (χ0n) is 19.6. The number of unbranched alkanes of at least 4 members (excludes halogenated alkanes) is 2. The quantitative estimate of drug-likeness (QED) is 0.533. The average Bonchev–Trinajstić information content (AvgIpc) is 3.45. The summed E-state index contributed by atoms with van der Waals surface area (Å²) in [6.07, 6.45) is 8.85. The predicted molar refractivity (Wildman–Crippen MR) is 124 cm³/mol. The van der Waals surface area contributed by atoms with Crippen molar-refractivity contribution in [2.45, 2.75) is 83.0 Å². The average molecular weight is 454 g/mol. The summed E-state index contributed by atoms with van der Waals surface area (Å²) in [6, 6.07) is 7.45. The van der Waals surface area contributed by atoms with Crippen molar-refractivity contribution in [3.8, 4) is 5.75 Å². The molecule has 5 rings (SSSR count). The van der Waals surface area contributed by atoms with Crippen LogP contribution in [0.4, 0.5) is 0 Å². The van der Waals surface area contributed by atoms with Gasteiger partial charge in [-0.15, -0.1) is 0 Å². The molecule has 4 aliphatic rings. The second kappa shape index (κ2) is 9.88. The van der Waals surface area contributed by atoms with E-state index in [9.17, 15) is 9.59 Å². The van der Waals surface area contributed by atoms with Crippen molar-refractivity contribution in [2.24, 2.45) is 5.92 Å². The van der Waals surface area contributed by atoms with Crippen molar-refractivity contribution >= 4 is 11.7 Å². The number of carbonyl (C=O) groups is 2. The molecule has 3 aliphatic heterocycles. The molecule has 1 aromatic rings. The number of amides is 1. The number of hydrogen-bond donors (Lipinski definition) is 0. The van der Waals surface area contributed by atoms with Gasteiger partial charge in [-0.3, -0.25) is 9.59 Å². The van der Waals surface area contributed by atoms with Crippen molar-refractivity contribution < 1.29 is 23.8 Å². The highest BCUT2D eigenvalue weighted by Crippen LogP contribution is 2.47. The SMILES string of the molecule is CCCCCOc1cccc(C2C3=C(OC4CCCCC4C3=O)C(=O)N2CC2CCCO2)c1. The minimum Gasteiger partial charge on any atom is -0.494 e. The van der Waals surface area contributed by atoms with Crippen molar-refractivity contribution in [3.05, 3.63) is 41.2 Å². The van der Waals surface area contributed by atoms with Gasteiger partial charge in [0.25, 0.3) is 5.91 Å². The Morgan fingerprint density at radius 2 is 1.97 bits per heavy atom. The van der Waals surface area contributed by atoms with Gasteiger partial charge in [0, 0.05) is 13.2 Å². The van der Waals surface area contributed by atoms with E-state index < -0.39 is 6.04 Å². The number of benzene rings is 1. The van der Waals surface area contributed by atoms with Gasteiger partial charge >= 0.3 is 0 Å². The number of rotatable bonds is 8. The highest BCUT2D eigenvalue weighted by atomic mass is 16.5. The molecule has 178 valence electrons. The molecule has 1 amide bonds. The Balaban J connectivity index is 1.46. The summed E-state index contributed by atoms with van der Waals surface area (Å²) in [6.45, 7) is 4.04. The summed E-state index contributed by atoms with van der Waals surface area (Å²) in [4.78, 5) is 29.1. The molecule has 1 saturated heterocycles. The van der Waals surface area contributed by atoms with Crippen LogP contribution in [0.1, 0.15) is 76.3 Å². The molecule has 3 heterocycles. The molecule has 6 nitrogen and oxygen atoms in total. The minimum absolute atomic E-state index is 0.00339. The van der Waals surface area contributed by atoms with E-state index in [1.807, 2.05) is 29.2 Å². The first kappa shape index (κ1) is 22.5. The molecule has 33 heavy (non-hydrogen) atoms. The summed E-state index contributed by atoms with van der Waals surface area (Å²) in [5, 5.41) is 0. The predicted octanol–water partition coefficient (Wildman–Crippen LogP) is 4.73. The van der Waals surface area contributed by atoms with Gasteiger partial charge in [0.15, 0.2) is 11.5 Å². The number of fused-ring (bicyclic) bond motifs is 1. The normalized spacial score (nSPS) is 29.2. The molecule has 1 aromatic carbocycles. The van der Waals surface area contributed by atoms with Crippen molar-refractivity contribution in [1.29, 1.82) is 0 Å². The smallest absolute Gasteiger partial charge is 0.290 e. The van der Waals surface area contributed by atoms with Crippen LogP contribution in [-0.2, 0) is 19.1 Å². The van der Waals surface area contributed by atoms with Crippen molar-refractivity contribution in [1.82, 2.24) is 4.90 Å². The number of ether oxygens (including phenoxy) is 3. The van der Waals surface area contributed by atoms with Crippen LogP contribution < -0.4 is 4.74 Å². The van der Waals surface area contributed by atoms with Gasteiger partial charge in [-0.25, -0.2) is 0 Å². The second-order valence-corrected chi connectivity index (χ2v) is 9.78. The number of carbonyl (C=O) groups excluding carboxylic acids is 2. The van der Waals surface area contributed by atoms with Gasteiger partial charge in [0.2, 0.25) is 0 Å². The van der Waals surface area contributed by atoms with Crippen LogP contribution in [0.2, 0.25) is 0 Å². The van der Waals surface area contributed by atoms with Gasteiger partial charge in [-0.2, -0.15) is 0 Å². The Bertz CT molecular complexity index is 919. The van der Waals surface area contributed by atoms with Gasteiger partial charge in [-0.05, 0) is 56.2 Å². The lowest BCUT2D eigenvalue weighted by Crippen LogP contribution is -2.39. The van der Waals surface area contributed by atoms with Gasteiger partial charge in [-0.1, -0.05) is 38.3 Å². The molecule has 0 N–H and O–H groups in total. The van der Waals surface area contributed by atoms with Crippen LogP contribution in [0.25, 0.3) is 0 Å². The highest BCUT2D eigenvalue weighted by molar-refractivity contribution is 6.11. The first-order valence-electron chi connectivity index (χ1n) is 12.8. The first-order chi connectivity index (χ1) is 16.2. The molecule has 0 radical (unpaired) electrons. The summed E-state index contributed by atoms with van der Waals surface area (Å²) in [5.74, 6) is 0.854. The number of Topliss-reactive ketones (excluding diaryl/α,β-unsaturated/α-hetero) is 1. The van der Waals surface area contributed by atoms with Crippen molar-refractivity contribution in [2.75, 3.05) is 19.8 Å². The Labute approximate surface area is 196 Å². The van der Waals surface area contributed by atoms with Crippen LogP contribution in [0.5, 0.6) is 5.75 Å². The van der Waals surface area contributed by atoms with E-state index >= 15 is 0 Å². The zero-order valence-corrected chi connectivity index (χ0v) is 19.6. The standard InChI is InChI=1S/C27H35NO5/c1-2-3-6-14-31-19-10-7-9-18(16-19)24-23-25(29)21-12-4-5-13-22(21)33-26(23)27(30)28(24)17-20-11-8-15-32-20/h7,9-10,16,20-22,24H,2-6,8,11-15,17H2,1H3. The maximum absolute atomic E-state index is 13.7. The van der Waals surface area contributed by atoms with E-state index in [1.54, 1.807) is 0 Å². The third-order valence-corrected chi connectivity index (χ3v) is 7.47. The molecule has 4 atom stereocenters. The summed E-state index contributed by atoms with van der Waals surface area (Å²) >= 11 is 0. The Morgan fingerprint density at radius 3 is 2.79 bits per heavy atom. The summed E-state index contributed by atoms with van der Waals surface area (Å²) < 4.78 is 18.1. The van der Waals surface area contributed by atoms with Gasteiger partial charge in [0.1, 0.15) is 11.9 Å². The van der Waals surface area contributed by atoms with E-state index in [0.29, 0.717) is 18.7 Å². The highest BCUT2D eigenvalue weighted by Gasteiger charge is 2.52. The zero-order chi connectivity index (χ0) is 22.8. The fourth-order valence-corrected chi connectivity index (χ4v) is 5.75. The maximum atomic E-state index is 13.7. The maximum Gasteiger partial charge on any atom is 0.290 e. The minimum atomic E-state index is -0.439. The molecule has 2 fully saturated rings. The second-order valence-electron chi connectivity index (χ2n) is 9.78. The third kappa shape index (κ3) is 4.42. The van der Waals surface area contributed by atoms with Crippen LogP contribution in [0.3, 0.4) is 0 Å². The molecule has 1 saturated carbocycles. The molecular formula is C27H35NO5. The van der Waals surface area contributed by atoms with Crippen LogP contribution in [0, 0.1) is 5.92 Å². The lowest BCUT2D eigenvalue weighted by molar-refractivity contribution is -0.136. The third-order valence-electron chi connectivity index (χ3n) is 7.47. The monoisotopic (exact) mass is 453 g/mol. The molecule has 0 bridgehead atoms. The molecule has 1 aliphatic carbocycles.